The average molecular weight is 191 g/mol. The number of benzene rings is 1. The molecule has 0 fully saturated rings. The molecule has 14 heavy (non-hydrogen) atoms. The summed E-state index contributed by atoms with van der Waals surface area (Å²) in [4.78, 5) is 14.4. The van der Waals surface area contributed by atoms with Crippen molar-refractivity contribution < 1.29 is 13.9 Å². The largest absolute Gasteiger partial charge is 0.491 e. The van der Waals surface area contributed by atoms with Gasteiger partial charge in [-0.05, 0) is 19.1 Å². The Kier molecular flexibility index (Phi) is 2.18. The van der Waals surface area contributed by atoms with Gasteiger partial charge >= 0.3 is 0 Å². The summed E-state index contributed by atoms with van der Waals surface area (Å²) in [5.41, 5.74) is 1.16. The number of ether oxygens (including phenoxy) is 1. The Balaban J connectivity index is 2.60. The van der Waals surface area contributed by atoms with Crippen LogP contribution in [0.2, 0.25) is 0 Å². The fraction of sp³-hybridized carbons (Fsp3) is 0.200. The van der Waals surface area contributed by atoms with Crippen LogP contribution in [0.3, 0.4) is 0 Å². The van der Waals surface area contributed by atoms with Crippen LogP contribution in [0.4, 0.5) is 0 Å². The van der Waals surface area contributed by atoms with Crippen LogP contribution in [0.5, 0.6) is 5.75 Å². The monoisotopic (exact) mass is 191 g/mol. The molecule has 0 aliphatic rings. The number of hydrogen-bond donors (Lipinski definition) is 0. The molecule has 2 aromatic rings. The quantitative estimate of drug-likeness (QED) is 0.696. The molecular weight excluding hydrogens is 182 g/mol. The zero-order valence-electron chi connectivity index (χ0n) is 7.69. The minimum atomic E-state index is 0.0761. The second-order valence-corrected chi connectivity index (χ2v) is 2.71. The van der Waals surface area contributed by atoms with Crippen LogP contribution in [0, 0.1) is 0 Å². The van der Waals surface area contributed by atoms with Crippen molar-refractivity contribution in [1.82, 2.24) is 4.98 Å². The lowest BCUT2D eigenvalue weighted by molar-refractivity contribution is 0.109. The third-order valence-corrected chi connectivity index (χ3v) is 1.80. The van der Waals surface area contributed by atoms with Gasteiger partial charge in [0.1, 0.15) is 5.75 Å². The van der Waals surface area contributed by atoms with Crippen molar-refractivity contribution in [3.05, 3.63) is 24.1 Å². The molecule has 0 atom stereocenters. The fourth-order valence-corrected chi connectivity index (χ4v) is 1.26. The molecule has 4 heteroatoms. The minimum Gasteiger partial charge on any atom is -0.491 e. The molecule has 4 nitrogen and oxygen atoms in total. The lowest BCUT2D eigenvalue weighted by Crippen LogP contribution is -1.91. The third-order valence-electron chi connectivity index (χ3n) is 1.80. The van der Waals surface area contributed by atoms with E-state index in [2.05, 4.69) is 4.98 Å². The van der Waals surface area contributed by atoms with E-state index in [4.69, 9.17) is 9.15 Å². The van der Waals surface area contributed by atoms with Gasteiger partial charge in [-0.1, -0.05) is 6.07 Å². The highest BCUT2D eigenvalue weighted by molar-refractivity contribution is 5.83. The van der Waals surface area contributed by atoms with Crippen LogP contribution in [0.15, 0.2) is 22.6 Å². The van der Waals surface area contributed by atoms with Crippen molar-refractivity contribution in [1.29, 1.82) is 0 Å². The Morgan fingerprint density at radius 2 is 2.43 bits per heavy atom. The molecule has 1 aromatic carbocycles. The maximum absolute atomic E-state index is 10.4. The number of rotatable bonds is 3. The van der Waals surface area contributed by atoms with Crippen LogP contribution in [-0.4, -0.2) is 17.9 Å². The topological polar surface area (TPSA) is 52.3 Å². The second-order valence-electron chi connectivity index (χ2n) is 2.71. The molecule has 0 radical (unpaired) electrons. The first-order valence-corrected chi connectivity index (χ1v) is 4.32. The molecule has 2 rings (SSSR count). The predicted molar refractivity (Wildman–Crippen MR) is 50.6 cm³/mol. The normalized spacial score (nSPS) is 10.4. The SMILES string of the molecule is CCOc1cccc2oc(C=O)nc12. The first kappa shape index (κ1) is 8.74. The lowest BCUT2D eigenvalue weighted by atomic mass is 10.3. The molecule has 0 aliphatic heterocycles. The molecule has 0 spiro atoms. The highest BCUT2D eigenvalue weighted by Gasteiger charge is 2.08. The first-order chi connectivity index (χ1) is 6.85. The van der Waals surface area contributed by atoms with Gasteiger partial charge < -0.3 is 9.15 Å². The van der Waals surface area contributed by atoms with Crippen molar-refractivity contribution in [2.24, 2.45) is 0 Å². The molecule has 0 aliphatic carbocycles. The van der Waals surface area contributed by atoms with E-state index in [9.17, 15) is 4.79 Å². The van der Waals surface area contributed by atoms with Gasteiger partial charge in [0, 0.05) is 0 Å². The fourth-order valence-electron chi connectivity index (χ4n) is 1.26. The number of aldehydes is 1. The summed E-state index contributed by atoms with van der Waals surface area (Å²) >= 11 is 0. The highest BCUT2D eigenvalue weighted by atomic mass is 16.5. The zero-order valence-corrected chi connectivity index (χ0v) is 7.69. The highest BCUT2D eigenvalue weighted by Crippen LogP contribution is 2.24. The van der Waals surface area contributed by atoms with Crippen molar-refractivity contribution in [2.45, 2.75) is 6.92 Å². The standard InChI is InChI=1S/C10H9NO3/c1-2-13-7-4-3-5-8-10(7)11-9(6-12)14-8/h3-6H,2H2,1H3. The van der Waals surface area contributed by atoms with Crippen molar-refractivity contribution in [2.75, 3.05) is 6.61 Å². The van der Waals surface area contributed by atoms with Crippen molar-refractivity contribution in [3.8, 4) is 5.75 Å². The molecule has 0 N–H and O–H groups in total. The van der Waals surface area contributed by atoms with Gasteiger partial charge in [-0.15, -0.1) is 0 Å². The zero-order chi connectivity index (χ0) is 9.97. The molecule has 0 saturated heterocycles. The molecule has 0 saturated carbocycles. The number of para-hydroxylation sites is 1. The Morgan fingerprint density at radius 3 is 3.14 bits per heavy atom. The number of oxazole rings is 1. The van der Waals surface area contributed by atoms with Crippen molar-refractivity contribution >= 4 is 17.4 Å². The lowest BCUT2D eigenvalue weighted by Gasteiger charge is -2.00. The third kappa shape index (κ3) is 1.35. The van der Waals surface area contributed by atoms with E-state index in [0.717, 1.165) is 0 Å². The van der Waals surface area contributed by atoms with Gasteiger partial charge in [0.2, 0.25) is 6.29 Å². The maximum atomic E-state index is 10.4. The van der Waals surface area contributed by atoms with Gasteiger partial charge in [-0.2, -0.15) is 0 Å². The predicted octanol–water partition coefficient (Wildman–Crippen LogP) is 2.04. The number of fused-ring (bicyclic) bond motifs is 1. The summed E-state index contributed by atoms with van der Waals surface area (Å²) in [6.45, 7) is 2.45. The Labute approximate surface area is 80.5 Å². The summed E-state index contributed by atoms with van der Waals surface area (Å²) < 4.78 is 10.5. The smallest absolute Gasteiger partial charge is 0.261 e. The van der Waals surface area contributed by atoms with Gasteiger partial charge in [-0.25, -0.2) is 4.98 Å². The molecule has 1 aromatic heterocycles. The van der Waals surface area contributed by atoms with E-state index in [1.165, 1.54) is 0 Å². The summed E-state index contributed by atoms with van der Waals surface area (Å²) in [7, 11) is 0. The minimum absolute atomic E-state index is 0.0761. The van der Waals surface area contributed by atoms with E-state index in [0.29, 0.717) is 29.7 Å². The second kappa shape index (κ2) is 3.49. The Morgan fingerprint density at radius 1 is 1.57 bits per heavy atom. The van der Waals surface area contributed by atoms with E-state index >= 15 is 0 Å². The molecule has 72 valence electrons. The van der Waals surface area contributed by atoms with Gasteiger partial charge in [0.15, 0.2) is 11.1 Å². The molecule has 1 heterocycles. The van der Waals surface area contributed by atoms with E-state index in [-0.39, 0.29) is 5.89 Å². The van der Waals surface area contributed by atoms with E-state index in [1.807, 2.05) is 6.92 Å². The number of carbonyl (C=O) groups is 1. The van der Waals surface area contributed by atoms with Gasteiger partial charge in [0.05, 0.1) is 6.61 Å². The van der Waals surface area contributed by atoms with Crippen LogP contribution in [0.25, 0.3) is 11.1 Å². The molecule has 0 unspecified atom stereocenters. The maximum Gasteiger partial charge on any atom is 0.261 e. The summed E-state index contributed by atoms with van der Waals surface area (Å²) in [5.74, 6) is 0.717. The van der Waals surface area contributed by atoms with Crippen molar-refractivity contribution in [3.63, 3.8) is 0 Å². The summed E-state index contributed by atoms with van der Waals surface area (Å²) in [6.07, 6.45) is 0.579. The van der Waals surface area contributed by atoms with Crippen LogP contribution >= 0.6 is 0 Å². The van der Waals surface area contributed by atoms with Crippen LogP contribution < -0.4 is 4.74 Å². The molecular formula is C10H9NO3. The summed E-state index contributed by atoms with van der Waals surface area (Å²) in [6, 6.07) is 5.34. The molecule has 0 amide bonds. The van der Waals surface area contributed by atoms with E-state index < -0.39 is 0 Å². The van der Waals surface area contributed by atoms with Crippen LogP contribution in [-0.2, 0) is 0 Å². The number of carbonyl (C=O) groups excluding carboxylic acids is 1. The Bertz CT molecular complexity index is 461. The van der Waals surface area contributed by atoms with E-state index in [1.54, 1.807) is 18.2 Å². The molecule has 0 bridgehead atoms. The average Bonchev–Trinajstić information content (AvgIpc) is 2.62. The number of hydrogen-bond acceptors (Lipinski definition) is 4. The summed E-state index contributed by atoms with van der Waals surface area (Å²) in [5, 5.41) is 0. The first-order valence-electron chi connectivity index (χ1n) is 4.32. The van der Waals surface area contributed by atoms with Crippen LogP contribution in [0.1, 0.15) is 17.6 Å². The Hall–Kier alpha value is -1.84. The number of aromatic nitrogens is 1. The van der Waals surface area contributed by atoms with Gasteiger partial charge in [0.25, 0.3) is 5.89 Å². The van der Waals surface area contributed by atoms with Gasteiger partial charge in [-0.3, -0.25) is 4.79 Å². The number of nitrogens with zero attached hydrogens (tertiary/aromatic N) is 1.